The van der Waals surface area contributed by atoms with Crippen molar-refractivity contribution in [1.29, 1.82) is 0 Å². The molecule has 7 heteroatoms. The fourth-order valence-electron chi connectivity index (χ4n) is 3.41. The number of piperidine rings is 1. The second-order valence-electron chi connectivity index (χ2n) is 7.22. The Hall–Kier alpha value is -2.57. The number of carbonyl (C=O) groups excluding carboxylic acids is 1. The van der Waals surface area contributed by atoms with Crippen LogP contribution in [0.15, 0.2) is 48.7 Å². The zero-order valence-electron chi connectivity index (χ0n) is 15.7. The van der Waals surface area contributed by atoms with Crippen molar-refractivity contribution in [1.82, 2.24) is 10.3 Å². The number of anilines is 1. The van der Waals surface area contributed by atoms with E-state index in [0.717, 1.165) is 12.3 Å². The van der Waals surface area contributed by atoms with Crippen LogP contribution in [0.1, 0.15) is 36.8 Å². The summed E-state index contributed by atoms with van der Waals surface area (Å²) in [6.45, 7) is 3.87. The normalized spacial score (nSPS) is 16.6. The van der Waals surface area contributed by atoms with Crippen molar-refractivity contribution >= 4 is 11.7 Å². The lowest BCUT2D eigenvalue weighted by Gasteiger charge is -2.32. The topological polar surface area (TPSA) is 45.2 Å². The predicted octanol–water partition coefficient (Wildman–Crippen LogP) is 4.24. The Labute approximate surface area is 162 Å². The molecule has 28 heavy (non-hydrogen) atoms. The van der Waals surface area contributed by atoms with E-state index in [9.17, 15) is 18.0 Å². The Morgan fingerprint density at radius 2 is 1.86 bits per heavy atom. The molecule has 3 rings (SSSR count). The van der Waals surface area contributed by atoms with Crippen LogP contribution in [-0.2, 0) is 11.0 Å². The molecule has 1 aromatic carbocycles. The number of amides is 1. The van der Waals surface area contributed by atoms with Crippen LogP contribution in [-0.4, -0.2) is 30.5 Å². The van der Waals surface area contributed by atoms with Gasteiger partial charge in [-0.15, -0.1) is 0 Å². The van der Waals surface area contributed by atoms with E-state index in [1.165, 1.54) is 11.6 Å². The van der Waals surface area contributed by atoms with Crippen LogP contribution >= 0.6 is 0 Å². The van der Waals surface area contributed by atoms with Crippen LogP contribution in [0, 0.1) is 5.92 Å². The quantitative estimate of drug-likeness (QED) is 0.829. The van der Waals surface area contributed by atoms with Crippen LogP contribution in [0.3, 0.4) is 0 Å². The molecule has 1 saturated heterocycles. The second kappa shape index (κ2) is 8.63. The molecular formula is C21H24F3N3O. The average molecular weight is 391 g/mol. The van der Waals surface area contributed by atoms with Crippen molar-refractivity contribution in [3.63, 3.8) is 0 Å². The molecule has 0 spiro atoms. The number of pyridine rings is 1. The van der Waals surface area contributed by atoms with Crippen molar-refractivity contribution in [3.8, 4) is 0 Å². The summed E-state index contributed by atoms with van der Waals surface area (Å²) in [5.41, 5.74) is 0.434. The lowest BCUT2D eigenvalue weighted by Crippen LogP contribution is -2.41. The van der Waals surface area contributed by atoms with Gasteiger partial charge in [-0.2, -0.15) is 13.2 Å². The lowest BCUT2D eigenvalue weighted by atomic mass is 9.95. The summed E-state index contributed by atoms with van der Waals surface area (Å²) >= 11 is 0. The smallest absolute Gasteiger partial charge is 0.357 e. The molecule has 0 saturated carbocycles. The van der Waals surface area contributed by atoms with Gasteiger partial charge in [-0.25, -0.2) is 4.98 Å². The number of alkyl halides is 3. The van der Waals surface area contributed by atoms with Crippen LogP contribution in [0.2, 0.25) is 0 Å². The Morgan fingerprint density at radius 1 is 1.18 bits per heavy atom. The van der Waals surface area contributed by atoms with E-state index < -0.39 is 11.7 Å². The maximum Gasteiger partial charge on any atom is 0.417 e. The van der Waals surface area contributed by atoms with Gasteiger partial charge in [0.1, 0.15) is 5.82 Å². The molecule has 2 aromatic rings. The molecular weight excluding hydrogens is 367 g/mol. The second-order valence-corrected chi connectivity index (χ2v) is 7.22. The Kier molecular flexibility index (Phi) is 6.21. The highest BCUT2D eigenvalue weighted by Gasteiger charge is 2.31. The standard InChI is InChI=1S/C21H24F3N3O/c1-15(16-5-3-2-4-6-16)13-26-20(28)17-9-11-27(12-10-17)19-8-7-18(14-25-19)21(22,23)24/h2-8,14-15,17H,9-13H2,1H3,(H,26,28). The van der Waals surface area contributed by atoms with Crippen molar-refractivity contribution in [2.75, 3.05) is 24.5 Å². The highest BCUT2D eigenvalue weighted by molar-refractivity contribution is 5.79. The predicted molar refractivity (Wildman–Crippen MR) is 102 cm³/mol. The monoisotopic (exact) mass is 391 g/mol. The van der Waals surface area contributed by atoms with Gasteiger partial charge in [0.15, 0.2) is 0 Å². The van der Waals surface area contributed by atoms with Gasteiger partial charge < -0.3 is 10.2 Å². The number of hydrogen-bond donors (Lipinski definition) is 1. The molecule has 0 bridgehead atoms. The third-order valence-electron chi connectivity index (χ3n) is 5.22. The van der Waals surface area contributed by atoms with E-state index in [2.05, 4.69) is 17.2 Å². The van der Waals surface area contributed by atoms with Gasteiger partial charge in [0, 0.05) is 31.7 Å². The number of carbonyl (C=O) groups is 1. The van der Waals surface area contributed by atoms with Gasteiger partial charge >= 0.3 is 6.18 Å². The molecule has 0 aliphatic carbocycles. The lowest BCUT2D eigenvalue weighted by molar-refractivity contribution is -0.137. The van der Waals surface area contributed by atoms with E-state index >= 15 is 0 Å². The first kappa shape index (κ1) is 20.2. The van der Waals surface area contributed by atoms with Gasteiger partial charge in [0.25, 0.3) is 0 Å². The fourth-order valence-corrected chi connectivity index (χ4v) is 3.41. The molecule has 150 valence electrons. The molecule has 1 N–H and O–H groups in total. The molecule has 0 radical (unpaired) electrons. The molecule has 4 nitrogen and oxygen atoms in total. The number of aromatic nitrogens is 1. The van der Waals surface area contributed by atoms with E-state index in [-0.39, 0.29) is 17.7 Å². The molecule has 1 aliphatic heterocycles. The number of benzene rings is 1. The summed E-state index contributed by atoms with van der Waals surface area (Å²) in [5, 5.41) is 3.03. The minimum atomic E-state index is -4.38. The van der Waals surface area contributed by atoms with E-state index in [4.69, 9.17) is 0 Å². The van der Waals surface area contributed by atoms with Crippen molar-refractivity contribution in [2.45, 2.75) is 31.9 Å². The summed E-state index contributed by atoms with van der Waals surface area (Å²) < 4.78 is 37.9. The Morgan fingerprint density at radius 3 is 2.43 bits per heavy atom. The van der Waals surface area contributed by atoms with Gasteiger partial charge in [-0.3, -0.25) is 4.79 Å². The van der Waals surface area contributed by atoms with E-state index in [1.807, 2.05) is 35.2 Å². The molecule has 1 aromatic heterocycles. The van der Waals surface area contributed by atoms with Crippen molar-refractivity contribution in [3.05, 3.63) is 59.8 Å². The molecule has 2 heterocycles. The van der Waals surface area contributed by atoms with Gasteiger partial charge in [-0.1, -0.05) is 37.3 Å². The third kappa shape index (κ3) is 5.03. The van der Waals surface area contributed by atoms with Gasteiger partial charge in [0.2, 0.25) is 5.91 Å². The molecule has 1 aliphatic rings. The Balaban J connectivity index is 1.47. The van der Waals surface area contributed by atoms with Crippen LogP contribution in [0.5, 0.6) is 0 Å². The Bertz CT molecular complexity index is 770. The molecule has 1 atom stereocenters. The fraction of sp³-hybridized carbons (Fsp3) is 0.429. The highest BCUT2D eigenvalue weighted by Crippen LogP contribution is 2.30. The largest absolute Gasteiger partial charge is 0.417 e. The number of nitrogens with one attached hydrogen (secondary N) is 1. The summed E-state index contributed by atoms with van der Waals surface area (Å²) in [5.74, 6) is 0.725. The average Bonchev–Trinajstić information content (AvgIpc) is 2.72. The number of rotatable bonds is 5. The maximum atomic E-state index is 12.6. The molecule has 1 fully saturated rings. The minimum Gasteiger partial charge on any atom is -0.357 e. The first-order valence-electron chi connectivity index (χ1n) is 9.45. The summed E-state index contributed by atoms with van der Waals surface area (Å²) in [7, 11) is 0. The number of hydrogen-bond acceptors (Lipinski definition) is 3. The summed E-state index contributed by atoms with van der Waals surface area (Å²) in [6, 6.07) is 12.5. The molecule has 1 amide bonds. The summed E-state index contributed by atoms with van der Waals surface area (Å²) in [4.78, 5) is 18.3. The summed E-state index contributed by atoms with van der Waals surface area (Å²) in [6.07, 6.45) is -2.20. The van der Waals surface area contributed by atoms with Gasteiger partial charge in [-0.05, 0) is 36.5 Å². The maximum absolute atomic E-state index is 12.6. The highest BCUT2D eigenvalue weighted by atomic mass is 19.4. The van der Waals surface area contributed by atoms with Crippen molar-refractivity contribution < 1.29 is 18.0 Å². The zero-order valence-corrected chi connectivity index (χ0v) is 15.7. The van der Waals surface area contributed by atoms with E-state index in [1.54, 1.807) is 0 Å². The third-order valence-corrected chi connectivity index (χ3v) is 5.22. The first-order valence-corrected chi connectivity index (χ1v) is 9.45. The first-order chi connectivity index (χ1) is 13.3. The van der Waals surface area contributed by atoms with E-state index in [0.29, 0.717) is 38.3 Å². The number of nitrogens with zero attached hydrogens (tertiary/aromatic N) is 2. The van der Waals surface area contributed by atoms with Crippen LogP contribution in [0.4, 0.5) is 19.0 Å². The van der Waals surface area contributed by atoms with Crippen LogP contribution in [0.25, 0.3) is 0 Å². The van der Waals surface area contributed by atoms with Crippen LogP contribution < -0.4 is 10.2 Å². The van der Waals surface area contributed by atoms with Crippen molar-refractivity contribution in [2.24, 2.45) is 5.92 Å². The zero-order chi connectivity index (χ0) is 20.1. The number of halogens is 3. The SMILES string of the molecule is CC(CNC(=O)C1CCN(c2ccc(C(F)(F)F)cn2)CC1)c1ccccc1. The molecule has 1 unspecified atom stereocenters. The van der Waals surface area contributed by atoms with Gasteiger partial charge in [0.05, 0.1) is 5.56 Å². The minimum absolute atomic E-state index is 0.0443.